The lowest BCUT2D eigenvalue weighted by Crippen LogP contribution is -2.13. The molecule has 0 amide bonds. The Kier molecular flexibility index (Phi) is 1.76. The number of allylic oxidation sites excluding steroid dienone is 3. The van der Waals surface area contributed by atoms with E-state index in [9.17, 15) is 0 Å². The van der Waals surface area contributed by atoms with Crippen molar-refractivity contribution < 1.29 is 4.74 Å². The molecule has 1 aliphatic heterocycles. The van der Waals surface area contributed by atoms with Gasteiger partial charge in [0.15, 0.2) is 0 Å². The molecule has 2 nitrogen and oxygen atoms in total. The van der Waals surface area contributed by atoms with Gasteiger partial charge in [-0.05, 0) is 30.9 Å². The maximum Gasteiger partial charge on any atom is 0.114 e. The van der Waals surface area contributed by atoms with Crippen LogP contribution in [0.3, 0.4) is 0 Å². The summed E-state index contributed by atoms with van der Waals surface area (Å²) in [7, 11) is 1.75. The lowest BCUT2D eigenvalue weighted by atomic mass is 9.86. The summed E-state index contributed by atoms with van der Waals surface area (Å²) in [5.74, 6) is 2.54. The van der Waals surface area contributed by atoms with E-state index in [1.165, 1.54) is 12.1 Å². The Morgan fingerprint density at radius 1 is 1.43 bits per heavy atom. The smallest absolute Gasteiger partial charge is 0.114 e. The van der Waals surface area contributed by atoms with Crippen LogP contribution in [0.25, 0.3) is 0 Å². The van der Waals surface area contributed by atoms with Gasteiger partial charge in [-0.25, -0.2) is 0 Å². The molecular formula is C12H15NO. The van der Waals surface area contributed by atoms with Gasteiger partial charge in [0.1, 0.15) is 5.76 Å². The third-order valence-corrected chi connectivity index (χ3v) is 3.67. The predicted octanol–water partition coefficient (Wildman–Crippen LogP) is 2.33. The molecule has 3 aliphatic rings. The SMILES string of the molecule is COC1=CCC2C(=C1)CC1=NCCC12. The van der Waals surface area contributed by atoms with Gasteiger partial charge >= 0.3 is 0 Å². The second-order valence-corrected chi connectivity index (χ2v) is 4.32. The molecule has 14 heavy (non-hydrogen) atoms. The first-order valence-corrected chi connectivity index (χ1v) is 5.36. The molecule has 0 bridgehead atoms. The quantitative estimate of drug-likeness (QED) is 0.620. The van der Waals surface area contributed by atoms with Crippen molar-refractivity contribution in [3.8, 4) is 0 Å². The van der Waals surface area contributed by atoms with Crippen molar-refractivity contribution in [2.24, 2.45) is 16.8 Å². The van der Waals surface area contributed by atoms with Gasteiger partial charge in [-0.2, -0.15) is 0 Å². The Balaban J connectivity index is 1.91. The van der Waals surface area contributed by atoms with Crippen LogP contribution >= 0.6 is 0 Å². The van der Waals surface area contributed by atoms with E-state index in [1.807, 2.05) is 0 Å². The molecule has 2 atom stereocenters. The van der Waals surface area contributed by atoms with E-state index in [0.717, 1.165) is 37.0 Å². The minimum atomic E-state index is 0.746. The number of fused-ring (bicyclic) bond motifs is 3. The Morgan fingerprint density at radius 3 is 3.21 bits per heavy atom. The monoisotopic (exact) mass is 189 g/mol. The molecule has 3 rings (SSSR count). The van der Waals surface area contributed by atoms with Gasteiger partial charge in [0.25, 0.3) is 0 Å². The number of nitrogens with zero attached hydrogens (tertiary/aromatic N) is 1. The highest BCUT2D eigenvalue weighted by Gasteiger charge is 2.39. The van der Waals surface area contributed by atoms with Gasteiger partial charge in [-0.3, -0.25) is 4.99 Å². The van der Waals surface area contributed by atoms with Crippen LogP contribution in [0.4, 0.5) is 0 Å². The topological polar surface area (TPSA) is 21.6 Å². The minimum Gasteiger partial charge on any atom is -0.497 e. The number of aliphatic imine (C=N–C) groups is 1. The highest BCUT2D eigenvalue weighted by atomic mass is 16.5. The van der Waals surface area contributed by atoms with Crippen LogP contribution in [0.2, 0.25) is 0 Å². The van der Waals surface area contributed by atoms with Crippen molar-refractivity contribution in [3.05, 3.63) is 23.5 Å². The van der Waals surface area contributed by atoms with Gasteiger partial charge < -0.3 is 4.74 Å². The maximum atomic E-state index is 5.27. The van der Waals surface area contributed by atoms with Crippen molar-refractivity contribution in [1.29, 1.82) is 0 Å². The molecule has 1 saturated carbocycles. The molecule has 2 heteroatoms. The number of ether oxygens (including phenoxy) is 1. The third-order valence-electron chi connectivity index (χ3n) is 3.67. The number of hydrogen-bond acceptors (Lipinski definition) is 2. The fraction of sp³-hybridized carbons (Fsp3) is 0.583. The van der Waals surface area contributed by atoms with E-state index < -0.39 is 0 Å². The molecular weight excluding hydrogens is 174 g/mol. The maximum absolute atomic E-state index is 5.27. The molecule has 0 radical (unpaired) electrons. The highest BCUT2D eigenvalue weighted by molar-refractivity contribution is 5.94. The van der Waals surface area contributed by atoms with Crippen LogP contribution in [-0.4, -0.2) is 19.4 Å². The summed E-state index contributed by atoms with van der Waals surface area (Å²) in [6, 6.07) is 0. The van der Waals surface area contributed by atoms with E-state index in [0.29, 0.717) is 0 Å². The van der Waals surface area contributed by atoms with E-state index in [-0.39, 0.29) is 0 Å². The minimum absolute atomic E-state index is 0.746. The van der Waals surface area contributed by atoms with Crippen molar-refractivity contribution in [2.45, 2.75) is 19.3 Å². The summed E-state index contributed by atoms with van der Waals surface area (Å²) in [5, 5.41) is 0. The van der Waals surface area contributed by atoms with Crippen LogP contribution in [0.15, 0.2) is 28.5 Å². The first-order valence-electron chi connectivity index (χ1n) is 5.36. The molecule has 0 spiro atoms. The summed E-state index contributed by atoms with van der Waals surface area (Å²) in [4.78, 5) is 4.58. The zero-order valence-electron chi connectivity index (χ0n) is 8.49. The number of hydrogen-bond donors (Lipinski definition) is 0. The molecule has 1 fully saturated rings. The molecule has 1 heterocycles. The second kappa shape index (κ2) is 2.97. The zero-order chi connectivity index (χ0) is 9.54. The summed E-state index contributed by atoms with van der Waals surface area (Å²) in [6.07, 6.45) is 7.96. The Hall–Kier alpha value is -1.05. The van der Waals surface area contributed by atoms with Crippen LogP contribution in [0.5, 0.6) is 0 Å². The van der Waals surface area contributed by atoms with Crippen molar-refractivity contribution in [1.82, 2.24) is 0 Å². The predicted molar refractivity (Wildman–Crippen MR) is 56.3 cm³/mol. The third kappa shape index (κ3) is 1.06. The summed E-state index contributed by atoms with van der Waals surface area (Å²) < 4.78 is 5.27. The average molecular weight is 189 g/mol. The average Bonchev–Trinajstić information content (AvgIpc) is 2.75. The molecule has 0 aromatic carbocycles. The standard InChI is InChI=1S/C12H15NO/c1-14-9-2-3-10-8(6-9)7-12-11(10)4-5-13-12/h2,6,10-11H,3-5,7H2,1H3. The van der Waals surface area contributed by atoms with Gasteiger partial charge in [-0.1, -0.05) is 5.57 Å². The van der Waals surface area contributed by atoms with Gasteiger partial charge in [0.05, 0.1) is 7.11 Å². The summed E-state index contributed by atoms with van der Waals surface area (Å²) >= 11 is 0. The van der Waals surface area contributed by atoms with Crippen molar-refractivity contribution >= 4 is 5.71 Å². The zero-order valence-corrected chi connectivity index (χ0v) is 8.49. The van der Waals surface area contributed by atoms with Gasteiger partial charge in [-0.15, -0.1) is 0 Å². The fourth-order valence-corrected chi connectivity index (χ4v) is 2.95. The number of rotatable bonds is 1. The molecule has 74 valence electrons. The van der Waals surface area contributed by atoms with Crippen LogP contribution in [0.1, 0.15) is 19.3 Å². The van der Waals surface area contributed by atoms with E-state index in [1.54, 1.807) is 12.7 Å². The first-order chi connectivity index (χ1) is 6.88. The lowest BCUT2D eigenvalue weighted by Gasteiger charge is -2.20. The number of methoxy groups -OCH3 is 1. The Labute approximate surface area is 84.4 Å². The van der Waals surface area contributed by atoms with Crippen LogP contribution < -0.4 is 0 Å². The van der Waals surface area contributed by atoms with E-state index in [4.69, 9.17) is 4.74 Å². The highest BCUT2D eigenvalue weighted by Crippen LogP contribution is 2.44. The van der Waals surface area contributed by atoms with Crippen LogP contribution in [-0.2, 0) is 4.74 Å². The normalized spacial score (nSPS) is 34.2. The largest absolute Gasteiger partial charge is 0.497 e. The molecule has 0 N–H and O–H groups in total. The Bertz CT molecular complexity index is 351. The van der Waals surface area contributed by atoms with Crippen molar-refractivity contribution in [2.75, 3.05) is 13.7 Å². The summed E-state index contributed by atoms with van der Waals surface area (Å²) in [5.41, 5.74) is 3.00. The van der Waals surface area contributed by atoms with E-state index >= 15 is 0 Å². The fourth-order valence-electron chi connectivity index (χ4n) is 2.95. The lowest BCUT2D eigenvalue weighted by molar-refractivity contribution is 0.298. The van der Waals surface area contributed by atoms with E-state index in [2.05, 4.69) is 17.1 Å². The molecule has 2 unspecified atom stereocenters. The van der Waals surface area contributed by atoms with Crippen LogP contribution in [0, 0.1) is 11.8 Å². The molecule has 0 aromatic heterocycles. The molecule has 0 saturated heterocycles. The Morgan fingerprint density at radius 2 is 2.36 bits per heavy atom. The van der Waals surface area contributed by atoms with Gasteiger partial charge in [0.2, 0.25) is 0 Å². The van der Waals surface area contributed by atoms with Crippen molar-refractivity contribution in [3.63, 3.8) is 0 Å². The molecule has 2 aliphatic carbocycles. The summed E-state index contributed by atoms with van der Waals surface area (Å²) in [6.45, 7) is 1.06. The molecule has 0 aromatic rings. The second-order valence-electron chi connectivity index (χ2n) is 4.32. The van der Waals surface area contributed by atoms with Gasteiger partial charge in [0, 0.05) is 24.6 Å². The first kappa shape index (κ1) is 8.27.